The molecular weight excluding hydrogens is 334 g/mol. The highest BCUT2D eigenvalue weighted by Gasteiger charge is 2.33. The van der Waals surface area contributed by atoms with E-state index in [-0.39, 0.29) is 5.91 Å². The molecule has 1 saturated carbocycles. The Morgan fingerprint density at radius 1 is 1.16 bits per heavy atom. The van der Waals surface area contributed by atoms with Gasteiger partial charge in [-0.15, -0.1) is 0 Å². The van der Waals surface area contributed by atoms with Gasteiger partial charge in [-0.1, -0.05) is 41.9 Å². The van der Waals surface area contributed by atoms with Crippen molar-refractivity contribution in [3.8, 4) is 5.69 Å². The van der Waals surface area contributed by atoms with Gasteiger partial charge in [-0.25, -0.2) is 4.68 Å². The summed E-state index contributed by atoms with van der Waals surface area (Å²) in [4.78, 5) is 12.8. The summed E-state index contributed by atoms with van der Waals surface area (Å²) in [6, 6.07) is 15.3. The number of rotatable bonds is 4. The molecule has 1 heterocycles. The molecule has 4 nitrogen and oxygen atoms in total. The highest BCUT2D eigenvalue weighted by atomic mass is 35.5. The Labute approximate surface area is 151 Å². The number of amides is 1. The predicted octanol–water partition coefficient (Wildman–Crippen LogP) is 4.96. The van der Waals surface area contributed by atoms with E-state index in [0.29, 0.717) is 22.2 Å². The highest BCUT2D eigenvalue weighted by molar-refractivity contribution is 6.33. The van der Waals surface area contributed by atoms with Crippen LogP contribution in [0.15, 0.2) is 54.7 Å². The van der Waals surface area contributed by atoms with Crippen molar-refractivity contribution in [3.63, 3.8) is 0 Å². The van der Waals surface area contributed by atoms with Crippen LogP contribution in [0.4, 0.5) is 5.69 Å². The summed E-state index contributed by atoms with van der Waals surface area (Å²) in [7, 11) is 0. The molecule has 4 rings (SSSR count). The first-order valence-electron chi connectivity index (χ1n) is 8.35. The van der Waals surface area contributed by atoms with Gasteiger partial charge in [0.15, 0.2) is 0 Å². The smallest absolute Gasteiger partial charge is 0.259 e. The molecule has 0 bridgehead atoms. The van der Waals surface area contributed by atoms with Crippen molar-refractivity contribution in [1.82, 2.24) is 9.78 Å². The van der Waals surface area contributed by atoms with Gasteiger partial charge >= 0.3 is 0 Å². The van der Waals surface area contributed by atoms with E-state index in [1.807, 2.05) is 35.0 Å². The summed E-state index contributed by atoms with van der Waals surface area (Å²) in [5, 5.41) is 7.94. The number of anilines is 1. The minimum absolute atomic E-state index is 0.171. The molecule has 5 heteroatoms. The van der Waals surface area contributed by atoms with Crippen molar-refractivity contribution in [1.29, 1.82) is 0 Å². The Morgan fingerprint density at radius 2 is 1.88 bits per heavy atom. The van der Waals surface area contributed by atoms with Gasteiger partial charge in [0.05, 0.1) is 33.9 Å². The summed E-state index contributed by atoms with van der Waals surface area (Å²) in [6.07, 6.45) is 3.83. The van der Waals surface area contributed by atoms with Gasteiger partial charge in [-0.05, 0) is 43.5 Å². The maximum absolute atomic E-state index is 12.8. The molecule has 1 aliphatic carbocycles. The number of nitrogens with one attached hydrogen (secondary N) is 1. The molecule has 0 atom stereocenters. The zero-order valence-corrected chi connectivity index (χ0v) is 14.6. The number of benzene rings is 2. The SMILES string of the molecule is Cc1ccccc1-n1ncc(C(=O)Nc2ccccc2Cl)c1C1CC1. The summed E-state index contributed by atoms with van der Waals surface area (Å²) in [5.41, 5.74) is 4.36. The molecule has 0 radical (unpaired) electrons. The van der Waals surface area contributed by atoms with Crippen LogP contribution in [0.5, 0.6) is 0 Å². The molecule has 1 amide bonds. The Balaban J connectivity index is 1.72. The number of hydrogen-bond acceptors (Lipinski definition) is 2. The quantitative estimate of drug-likeness (QED) is 0.721. The lowest BCUT2D eigenvalue weighted by molar-refractivity contribution is 0.102. The molecule has 126 valence electrons. The number of carbonyl (C=O) groups excluding carboxylic acids is 1. The molecule has 0 aliphatic heterocycles. The first-order valence-corrected chi connectivity index (χ1v) is 8.73. The maximum atomic E-state index is 12.8. The van der Waals surface area contributed by atoms with Crippen LogP contribution < -0.4 is 5.32 Å². The number of nitrogens with zero attached hydrogens (tertiary/aromatic N) is 2. The Kier molecular flexibility index (Phi) is 4.06. The fourth-order valence-electron chi connectivity index (χ4n) is 3.03. The van der Waals surface area contributed by atoms with E-state index in [2.05, 4.69) is 23.4 Å². The summed E-state index contributed by atoms with van der Waals surface area (Å²) >= 11 is 6.16. The van der Waals surface area contributed by atoms with E-state index in [1.165, 1.54) is 0 Å². The lowest BCUT2D eigenvalue weighted by Gasteiger charge is -2.12. The van der Waals surface area contributed by atoms with Gasteiger partial charge in [-0.3, -0.25) is 4.79 Å². The third kappa shape index (κ3) is 3.05. The number of aryl methyl sites for hydroxylation is 1. The lowest BCUT2D eigenvalue weighted by atomic mass is 10.1. The van der Waals surface area contributed by atoms with Crippen LogP contribution in [0.1, 0.15) is 40.4 Å². The number of para-hydroxylation sites is 2. The first kappa shape index (κ1) is 15.9. The maximum Gasteiger partial charge on any atom is 0.259 e. The van der Waals surface area contributed by atoms with Crippen molar-refractivity contribution >= 4 is 23.2 Å². The van der Waals surface area contributed by atoms with Crippen molar-refractivity contribution < 1.29 is 4.79 Å². The van der Waals surface area contributed by atoms with Crippen LogP contribution in [0, 0.1) is 6.92 Å². The number of hydrogen-bond donors (Lipinski definition) is 1. The normalized spacial score (nSPS) is 13.7. The third-order valence-electron chi connectivity index (χ3n) is 4.48. The molecule has 0 spiro atoms. The highest BCUT2D eigenvalue weighted by Crippen LogP contribution is 2.43. The van der Waals surface area contributed by atoms with Gasteiger partial charge < -0.3 is 5.32 Å². The number of aromatic nitrogens is 2. The molecule has 1 aliphatic rings. The molecule has 3 aromatic rings. The number of carbonyl (C=O) groups is 1. The second kappa shape index (κ2) is 6.37. The average Bonchev–Trinajstić information content (AvgIpc) is 3.36. The first-order chi connectivity index (χ1) is 12.1. The fraction of sp³-hybridized carbons (Fsp3) is 0.200. The van der Waals surface area contributed by atoms with Gasteiger partial charge in [0, 0.05) is 5.92 Å². The molecular formula is C20H18ClN3O. The molecule has 0 saturated heterocycles. The standard InChI is InChI=1S/C20H18ClN3O/c1-13-6-2-5-9-18(13)24-19(14-10-11-14)15(12-22-24)20(25)23-17-8-4-3-7-16(17)21/h2-9,12,14H,10-11H2,1H3,(H,23,25). The minimum Gasteiger partial charge on any atom is -0.321 e. The van der Waals surface area contributed by atoms with Crippen LogP contribution in [0.3, 0.4) is 0 Å². The van der Waals surface area contributed by atoms with Crippen LogP contribution in [-0.2, 0) is 0 Å². The molecule has 0 unspecified atom stereocenters. The van der Waals surface area contributed by atoms with Gasteiger partial charge in [-0.2, -0.15) is 5.10 Å². The molecule has 1 N–H and O–H groups in total. The van der Waals surface area contributed by atoms with E-state index in [9.17, 15) is 4.79 Å². The van der Waals surface area contributed by atoms with Gasteiger partial charge in [0.25, 0.3) is 5.91 Å². The Morgan fingerprint density at radius 3 is 2.60 bits per heavy atom. The topological polar surface area (TPSA) is 46.9 Å². The van der Waals surface area contributed by atoms with Crippen LogP contribution >= 0.6 is 11.6 Å². The summed E-state index contributed by atoms with van der Waals surface area (Å²) < 4.78 is 1.91. The second-order valence-corrected chi connectivity index (χ2v) is 6.76. The Hall–Kier alpha value is -2.59. The fourth-order valence-corrected chi connectivity index (χ4v) is 3.21. The summed E-state index contributed by atoms with van der Waals surface area (Å²) in [6.45, 7) is 2.05. The van der Waals surface area contributed by atoms with E-state index < -0.39 is 0 Å². The molecule has 2 aromatic carbocycles. The predicted molar refractivity (Wildman–Crippen MR) is 99.7 cm³/mol. The van der Waals surface area contributed by atoms with Crippen LogP contribution in [0.2, 0.25) is 5.02 Å². The molecule has 1 fully saturated rings. The zero-order chi connectivity index (χ0) is 17.4. The Bertz CT molecular complexity index is 944. The lowest BCUT2D eigenvalue weighted by Crippen LogP contribution is -2.14. The monoisotopic (exact) mass is 351 g/mol. The van der Waals surface area contributed by atoms with Crippen LogP contribution in [0.25, 0.3) is 5.69 Å². The van der Waals surface area contributed by atoms with Gasteiger partial charge in [0.1, 0.15) is 0 Å². The largest absolute Gasteiger partial charge is 0.321 e. The van der Waals surface area contributed by atoms with E-state index in [0.717, 1.165) is 29.8 Å². The molecule has 25 heavy (non-hydrogen) atoms. The van der Waals surface area contributed by atoms with Crippen molar-refractivity contribution in [2.45, 2.75) is 25.7 Å². The van der Waals surface area contributed by atoms with E-state index in [4.69, 9.17) is 11.6 Å². The number of halogens is 1. The zero-order valence-electron chi connectivity index (χ0n) is 13.9. The van der Waals surface area contributed by atoms with Crippen molar-refractivity contribution in [2.75, 3.05) is 5.32 Å². The van der Waals surface area contributed by atoms with E-state index >= 15 is 0 Å². The van der Waals surface area contributed by atoms with Gasteiger partial charge in [0.2, 0.25) is 0 Å². The minimum atomic E-state index is -0.171. The second-order valence-electron chi connectivity index (χ2n) is 6.35. The van der Waals surface area contributed by atoms with Crippen LogP contribution in [-0.4, -0.2) is 15.7 Å². The summed E-state index contributed by atoms with van der Waals surface area (Å²) in [5.74, 6) is 0.212. The average molecular weight is 352 g/mol. The van der Waals surface area contributed by atoms with E-state index in [1.54, 1.807) is 18.3 Å². The third-order valence-corrected chi connectivity index (χ3v) is 4.81. The molecule has 1 aromatic heterocycles. The van der Waals surface area contributed by atoms with Crippen molar-refractivity contribution in [2.24, 2.45) is 0 Å². The van der Waals surface area contributed by atoms with Crippen molar-refractivity contribution in [3.05, 3.63) is 76.6 Å².